The van der Waals surface area contributed by atoms with Crippen LogP contribution in [0.5, 0.6) is 0 Å². The molecule has 10 heteroatoms. The van der Waals surface area contributed by atoms with Crippen molar-refractivity contribution >= 4 is 23.7 Å². The SMILES string of the molecule is O=C(NCCN1C(=O)C2(CCCC2)Cc2cc(C(F)(F)F)c(C(=O)O)cc21)OCc1ccccc1. The Morgan fingerprint density at radius 3 is 2.43 bits per heavy atom. The third-order valence-electron chi connectivity index (χ3n) is 6.65. The number of fused-ring (bicyclic) bond motifs is 1. The van der Waals surface area contributed by atoms with Gasteiger partial charge in [-0.1, -0.05) is 43.2 Å². The monoisotopic (exact) mass is 490 g/mol. The summed E-state index contributed by atoms with van der Waals surface area (Å²) in [6.07, 6.45) is -2.73. The van der Waals surface area contributed by atoms with E-state index in [-0.39, 0.29) is 43.3 Å². The van der Waals surface area contributed by atoms with Crippen LogP contribution in [0, 0.1) is 5.41 Å². The highest BCUT2D eigenvalue weighted by Crippen LogP contribution is 2.49. The molecule has 1 fully saturated rings. The lowest BCUT2D eigenvalue weighted by molar-refractivity contribution is -0.138. The molecular weight excluding hydrogens is 465 g/mol. The second-order valence-electron chi connectivity index (χ2n) is 8.94. The number of carboxylic acids is 1. The van der Waals surface area contributed by atoms with Crippen LogP contribution in [-0.4, -0.2) is 36.2 Å². The largest absolute Gasteiger partial charge is 0.478 e. The highest BCUT2D eigenvalue weighted by Gasteiger charge is 2.49. The second-order valence-corrected chi connectivity index (χ2v) is 8.94. The van der Waals surface area contributed by atoms with Gasteiger partial charge in [-0.05, 0) is 42.5 Å². The van der Waals surface area contributed by atoms with Crippen LogP contribution in [0.25, 0.3) is 0 Å². The minimum absolute atomic E-state index is 0.0156. The summed E-state index contributed by atoms with van der Waals surface area (Å²) < 4.78 is 46.0. The number of carboxylic acid groups (broad SMARTS) is 1. The number of ether oxygens (including phenoxy) is 1. The number of alkyl carbamates (subject to hydrolysis) is 1. The highest BCUT2D eigenvalue weighted by molar-refractivity contribution is 6.02. The smallest absolute Gasteiger partial charge is 0.417 e. The molecule has 1 aliphatic heterocycles. The minimum atomic E-state index is -4.85. The summed E-state index contributed by atoms with van der Waals surface area (Å²) in [5.74, 6) is -1.98. The first-order valence-electron chi connectivity index (χ1n) is 11.3. The van der Waals surface area contributed by atoms with Crippen molar-refractivity contribution in [3.8, 4) is 0 Å². The fourth-order valence-corrected chi connectivity index (χ4v) is 4.98. The summed E-state index contributed by atoms with van der Waals surface area (Å²) in [5.41, 5.74) is -1.73. The molecule has 4 rings (SSSR count). The Balaban J connectivity index is 1.55. The summed E-state index contributed by atoms with van der Waals surface area (Å²) in [4.78, 5) is 38.5. The van der Waals surface area contributed by atoms with Crippen molar-refractivity contribution in [1.82, 2.24) is 5.32 Å². The van der Waals surface area contributed by atoms with E-state index in [1.54, 1.807) is 12.1 Å². The molecule has 0 bridgehead atoms. The number of benzene rings is 2. The van der Waals surface area contributed by atoms with Crippen LogP contribution >= 0.6 is 0 Å². The zero-order valence-corrected chi connectivity index (χ0v) is 18.9. The zero-order chi connectivity index (χ0) is 25.2. The van der Waals surface area contributed by atoms with E-state index in [9.17, 15) is 32.7 Å². The second kappa shape index (κ2) is 9.59. The fraction of sp³-hybridized carbons (Fsp3) is 0.400. The van der Waals surface area contributed by atoms with E-state index < -0.39 is 34.8 Å². The number of aromatic carboxylic acids is 1. The number of hydrogen-bond donors (Lipinski definition) is 2. The van der Waals surface area contributed by atoms with Crippen molar-refractivity contribution in [3.05, 3.63) is 64.7 Å². The number of nitrogens with one attached hydrogen (secondary N) is 1. The van der Waals surface area contributed by atoms with Crippen molar-refractivity contribution in [1.29, 1.82) is 0 Å². The number of carbonyl (C=O) groups is 3. The maximum absolute atomic E-state index is 13.6. The number of amides is 2. The summed E-state index contributed by atoms with van der Waals surface area (Å²) in [5, 5.41) is 12.0. The molecule has 35 heavy (non-hydrogen) atoms. The molecule has 1 heterocycles. The zero-order valence-electron chi connectivity index (χ0n) is 18.9. The van der Waals surface area contributed by atoms with E-state index in [4.69, 9.17) is 4.74 Å². The normalized spacial score (nSPS) is 16.8. The fourth-order valence-electron chi connectivity index (χ4n) is 4.98. The van der Waals surface area contributed by atoms with Crippen molar-refractivity contribution in [2.45, 2.75) is 44.9 Å². The Morgan fingerprint density at radius 1 is 1.11 bits per heavy atom. The van der Waals surface area contributed by atoms with Crippen molar-refractivity contribution in [2.24, 2.45) is 5.41 Å². The van der Waals surface area contributed by atoms with Crippen LogP contribution in [0.1, 0.15) is 52.7 Å². The van der Waals surface area contributed by atoms with Crippen LogP contribution < -0.4 is 10.2 Å². The standard InChI is InChI=1S/C25H25F3N2O5/c26-25(27,28)19-12-17-14-24(8-4-5-9-24)22(33)30(20(17)13-18(19)21(31)32)11-10-29-23(34)35-15-16-6-2-1-3-7-16/h1-3,6-7,12-13H,4-5,8-11,14-15H2,(H,29,34)(H,31,32). The Hall–Kier alpha value is -3.56. The van der Waals surface area contributed by atoms with Gasteiger partial charge in [0.2, 0.25) is 5.91 Å². The molecule has 2 aromatic rings. The number of rotatable bonds is 6. The van der Waals surface area contributed by atoms with E-state index in [2.05, 4.69) is 5.32 Å². The molecule has 1 aliphatic carbocycles. The molecular formula is C25H25F3N2O5. The average Bonchev–Trinajstić information content (AvgIpc) is 3.28. The third-order valence-corrected chi connectivity index (χ3v) is 6.65. The van der Waals surface area contributed by atoms with Crippen molar-refractivity contribution in [3.63, 3.8) is 0 Å². The average molecular weight is 490 g/mol. The molecule has 0 aromatic heterocycles. The molecule has 2 aromatic carbocycles. The van der Waals surface area contributed by atoms with Crippen LogP contribution in [0.3, 0.4) is 0 Å². The van der Waals surface area contributed by atoms with Gasteiger partial charge in [0.1, 0.15) is 6.61 Å². The number of carbonyl (C=O) groups excluding carboxylic acids is 2. The predicted molar refractivity (Wildman–Crippen MR) is 120 cm³/mol. The molecule has 7 nitrogen and oxygen atoms in total. The molecule has 2 aliphatic rings. The van der Waals surface area contributed by atoms with Gasteiger partial charge in [0.25, 0.3) is 0 Å². The molecule has 0 saturated heterocycles. The van der Waals surface area contributed by atoms with Gasteiger partial charge in [0.15, 0.2) is 0 Å². The van der Waals surface area contributed by atoms with Gasteiger partial charge in [-0.2, -0.15) is 13.2 Å². The molecule has 2 N–H and O–H groups in total. The molecule has 0 atom stereocenters. The Bertz CT molecular complexity index is 1130. The molecule has 186 valence electrons. The summed E-state index contributed by atoms with van der Waals surface area (Å²) in [7, 11) is 0. The first-order chi connectivity index (χ1) is 16.6. The van der Waals surface area contributed by atoms with Crippen LogP contribution in [0.2, 0.25) is 0 Å². The quantitative estimate of drug-likeness (QED) is 0.608. The van der Waals surface area contributed by atoms with E-state index in [0.717, 1.165) is 30.5 Å². The molecule has 0 unspecified atom stereocenters. The first kappa shape index (κ1) is 24.6. The van der Waals surface area contributed by atoms with E-state index in [0.29, 0.717) is 12.8 Å². The maximum atomic E-state index is 13.6. The third kappa shape index (κ3) is 5.11. The summed E-state index contributed by atoms with van der Waals surface area (Å²) in [6.45, 7) is 0.0141. The highest BCUT2D eigenvalue weighted by atomic mass is 19.4. The van der Waals surface area contributed by atoms with Gasteiger partial charge in [-0.25, -0.2) is 9.59 Å². The number of nitrogens with zero attached hydrogens (tertiary/aromatic N) is 1. The van der Waals surface area contributed by atoms with Crippen molar-refractivity contribution < 1.29 is 37.4 Å². The number of anilines is 1. The predicted octanol–water partition coefficient (Wildman–Crippen LogP) is 4.78. The van der Waals surface area contributed by atoms with Gasteiger partial charge >= 0.3 is 18.2 Å². The van der Waals surface area contributed by atoms with Crippen LogP contribution in [0.15, 0.2) is 42.5 Å². The van der Waals surface area contributed by atoms with Crippen LogP contribution in [-0.2, 0) is 28.7 Å². The lowest BCUT2D eigenvalue weighted by Crippen LogP contribution is -2.50. The summed E-state index contributed by atoms with van der Waals surface area (Å²) in [6, 6.07) is 10.8. The Morgan fingerprint density at radius 2 is 1.80 bits per heavy atom. The van der Waals surface area contributed by atoms with E-state index in [1.165, 1.54) is 4.90 Å². The molecule has 2 amide bonds. The molecule has 0 radical (unpaired) electrons. The number of alkyl halides is 3. The van der Waals surface area contributed by atoms with E-state index >= 15 is 0 Å². The first-order valence-corrected chi connectivity index (χ1v) is 11.3. The minimum Gasteiger partial charge on any atom is -0.478 e. The number of halogens is 3. The topological polar surface area (TPSA) is 95.9 Å². The Kier molecular flexibility index (Phi) is 6.73. The van der Waals surface area contributed by atoms with E-state index in [1.807, 2.05) is 18.2 Å². The summed E-state index contributed by atoms with van der Waals surface area (Å²) >= 11 is 0. The van der Waals surface area contributed by atoms with Gasteiger partial charge in [-0.3, -0.25) is 4.79 Å². The van der Waals surface area contributed by atoms with Gasteiger partial charge in [0.05, 0.1) is 16.5 Å². The van der Waals surface area contributed by atoms with Gasteiger partial charge in [-0.15, -0.1) is 0 Å². The maximum Gasteiger partial charge on any atom is 0.417 e. The molecule has 1 spiro atoms. The lowest BCUT2D eigenvalue weighted by Gasteiger charge is -2.41. The van der Waals surface area contributed by atoms with Gasteiger partial charge in [0, 0.05) is 18.8 Å². The number of hydrogen-bond acceptors (Lipinski definition) is 4. The van der Waals surface area contributed by atoms with Crippen molar-refractivity contribution in [2.75, 3.05) is 18.0 Å². The Labute approximate surface area is 199 Å². The van der Waals surface area contributed by atoms with Gasteiger partial charge < -0.3 is 20.1 Å². The lowest BCUT2D eigenvalue weighted by atomic mass is 9.74. The molecule has 1 saturated carbocycles. The van der Waals surface area contributed by atoms with Crippen LogP contribution in [0.4, 0.5) is 23.7 Å².